The van der Waals surface area contributed by atoms with Crippen LogP contribution < -0.4 is 4.90 Å². The van der Waals surface area contributed by atoms with Crippen LogP contribution in [0, 0.1) is 0 Å². The second-order valence-electron chi connectivity index (χ2n) is 17.6. The van der Waals surface area contributed by atoms with E-state index in [1.807, 2.05) is 11.8 Å². The lowest BCUT2D eigenvalue weighted by atomic mass is 9.81. The molecule has 2 aliphatic rings. The number of anilines is 3. The molecule has 0 saturated heterocycles. The predicted molar refractivity (Wildman–Crippen MR) is 273 cm³/mol. The molecule has 2 heteroatoms. The number of thioether (sulfide) groups is 1. The Labute approximate surface area is 380 Å². The van der Waals surface area contributed by atoms with Gasteiger partial charge in [-0.15, -0.1) is 11.8 Å². The molecule has 0 atom stereocenters. The molecule has 10 aromatic rings. The largest absolute Gasteiger partial charge is 0.310 e. The molecule has 304 valence electrons. The first-order chi connectivity index (χ1) is 31.5. The molecular weight excluding hydrogens is 791 g/mol. The van der Waals surface area contributed by atoms with Gasteiger partial charge in [0.15, 0.2) is 0 Å². The standard InChI is InChI=1S/C62H45NS/c1-62(2)59-38-45(41-14-4-3-5-15-41)30-36-55(59)56-37-35-48(39-60(56)62)63(47-33-28-44(29-34-47)51-22-13-24-54-57-21-10-11-25-61(57)64-40-58(51)54)46-31-26-43(27-32-46)50-19-8-9-20-52(50)53-23-12-17-42-16-6-7-18-49(42)53/h3-39H,40H2,1-2H3. The molecular formula is C62H45NS. The van der Waals surface area contributed by atoms with Crippen LogP contribution in [0.15, 0.2) is 229 Å². The molecule has 1 heterocycles. The Kier molecular flexibility index (Phi) is 9.24. The maximum absolute atomic E-state index is 2.44. The fourth-order valence-corrected chi connectivity index (χ4v) is 11.5. The number of nitrogens with zero attached hydrogens (tertiary/aromatic N) is 1. The van der Waals surface area contributed by atoms with E-state index in [9.17, 15) is 0 Å². The van der Waals surface area contributed by atoms with Gasteiger partial charge < -0.3 is 4.90 Å². The van der Waals surface area contributed by atoms with Gasteiger partial charge >= 0.3 is 0 Å². The van der Waals surface area contributed by atoms with Crippen molar-refractivity contribution in [2.45, 2.75) is 29.9 Å². The topological polar surface area (TPSA) is 3.24 Å². The average molecular weight is 836 g/mol. The van der Waals surface area contributed by atoms with Crippen molar-refractivity contribution in [3.8, 4) is 66.8 Å². The van der Waals surface area contributed by atoms with E-state index in [0.29, 0.717) is 0 Å². The van der Waals surface area contributed by atoms with Crippen molar-refractivity contribution >= 4 is 39.6 Å². The number of hydrogen-bond acceptors (Lipinski definition) is 2. The van der Waals surface area contributed by atoms with E-state index in [-0.39, 0.29) is 5.41 Å². The van der Waals surface area contributed by atoms with Crippen molar-refractivity contribution in [1.29, 1.82) is 0 Å². The number of hydrogen-bond donors (Lipinski definition) is 0. The van der Waals surface area contributed by atoms with Crippen LogP contribution in [0.3, 0.4) is 0 Å². The van der Waals surface area contributed by atoms with Gasteiger partial charge in [-0.1, -0.05) is 190 Å². The summed E-state index contributed by atoms with van der Waals surface area (Å²) in [5, 5.41) is 2.52. The number of fused-ring (bicyclic) bond motifs is 7. The third-order valence-electron chi connectivity index (χ3n) is 13.6. The zero-order chi connectivity index (χ0) is 42.8. The van der Waals surface area contributed by atoms with Crippen LogP contribution in [0.4, 0.5) is 17.1 Å². The average Bonchev–Trinajstić information content (AvgIpc) is 3.58. The first-order valence-electron chi connectivity index (χ1n) is 22.3. The molecule has 0 bridgehead atoms. The molecule has 0 aromatic heterocycles. The van der Waals surface area contributed by atoms with Crippen molar-refractivity contribution in [1.82, 2.24) is 0 Å². The third-order valence-corrected chi connectivity index (χ3v) is 14.7. The van der Waals surface area contributed by atoms with Crippen LogP contribution in [0.2, 0.25) is 0 Å². The van der Waals surface area contributed by atoms with Crippen molar-refractivity contribution in [2.75, 3.05) is 4.90 Å². The van der Waals surface area contributed by atoms with E-state index < -0.39 is 0 Å². The minimum Gasteiger partial charge on any atom is -0.310 e. The van der Waals surface area contributed by atoms with Gasteiger partial charge in [-0.3, -0.25) is 0 Å². The van der Waals surface area contributed by atoms with Gasteiger partial charge in [0.05, 0.1) is 0 Å². The maximum Gasteiger partial charge on any atom is 0.0465 e. The van der Waals surface area contributed by atoms with E-state index in [2.05, 4.69) is 243 Å². The van der Waals surface area contributed by atoms with Gasteiger partial charge in [0, 0.05) is 33.1 Å². The molecule has 1 nitrogen and oxygen atoms in total. The van der Waals surface area contributed by atoms with Gasteiger partial charge in [-0.05, 0) is 143 Å². The summed E-state index contributed by atoms with van der Waals surface area (Å²) in [6.45, 7) is 4.77. The van der Waals surface area contributed by atoms with E-state index >= 15 is 0 Å². The second-order valence-corrected chi connectivity index (χ2v) is 18.6. The molecule has 0 amide bonds. The Morgan fingerprint density at radius 3 is 1.67 bits per heavy atom. The van der Waals surface area contributed by atoms with Gasteiger partial charge in [0.25, 0.3) is 0 Å². The fraction of sp³-hybridized carbons (Fsp3) is 0.0645. The van der Waals surface area contributed by atoms with Crippen LogP contribution in [-0.2, 0) is 11.2 Å². The summed E-state index contributed by atoms with van der Waals surface area (Å²) < 4.78 is 0. The lowest BCUT2D eigenvalue weighted by Crippen LogP contribution is -2.16. The van der Waals surface area contributed by atoms with Crippen LogP contribution in [0.5, 0.6) is 0 Å². The molecule has 1 aliphatic heterocycles. The van der Waals surface area contributed by atoms with E-state index in [4.69, 9.17) is 0 Å². The SMILES string of the molecule is CC1(C)c2cc(-c3ccccc3)ccc2-c2ccc(N(c3ccc(-c4ccccc4-c4cccc5ccccc45)cc3)c3ccc(-c4cccc5c4CSc4ccccc4-5)cc3)cc21. The quantitative estimate of drug-likeness (QED) is 0.157. The van der Waals surface area contributed by atoms with Gasteiger partial charge in [-0.2, -0.15) is 0 Å². The third kappa shape index (κ3) is 6.40. The van der Waals surface area contributed by atoms with E-state index in [0.717, 1.165) is 22.8 Å². The van der Waals surface area contributed by atoms with Crippen molar-refractivity contribution < 1.29 is 0 Å². The summed E-state index contributed by atoms with van der Waals surface area (Å²) in [6.07, 6.45) is 0. The molecule has 0 spiro atoms. The normalized spacial score (nSPS) is 13.2. The van der Waals surface area contributed by atoms with Crippen molar-refractivity contribution in [3.05, 3.63) is 241 Å². The molecule has 64 heavy (non-hydrogen) atoms. The molecule has 0 unspecified atom stereocenters. The molecule has 10 aromatic carbocycles. The van der Waals surface area contributed by atoms with E-state index in [1.54, 1.807) is 0 Å². The maximum atomic E-state index is 2.44. The van der Waals surface area contributed by atoms with Gasteiger partial charge in [0.1, 0.15) is 0 Å². The summed E-state index contributed by atoms with van der Waals surface area (Å²) >= 11 is 1.94. The Morgan fingerprint density at radius 2 is 0.891 bits per heavy atom. The summed E-state index contributed by atoms with van der Waals surface area (Å²) in [4.78, 5) is 3.80. The van der Waals surface area contributed by atoms with Crippen LogP contribution in [0.1, 0.15) is 30.5 Å². The molecule has 12 rings (SSSR count). The molecule has 1 aliphatic carbocycles. The Morgan fingerprint density at radius 1 is 0.359 bits per heavy atom. The Balaban J connectivity index is 0.958. The highest BCUT2D eigenvalue weighted by Gasteiger charge is 2.36. The lowest BCUT2D eigenvalue weighted by Gasteiger charge is -2.29. The molecule has 0 N–H and O–H groups in total. The van der Waals surface area contributed by atoms with E-state index in [1.165, 1.54) is 99.1 Å². The summed E-state index contributed by atoms with van der Waals surface area (Å²) in [5.74, 6) is 0.965. The Hall–Kier alpha value is -7.39. The van der Waals surface area contributed by atoms with Crippen LogP contribution in [0.25, 0.3) is 77.5 Å². The Bertz CT molecular complexity index is 3390. The van der Waals surface area contributed by atoms with Crippen molar-refractivity contribution in [3.63, 3.8) is 0 Å². The highest BCUT2D eigenvalue weighted by molar-refractivity contribution is 7.98. The summed E-state index contributed by atoms with van der Waals surface area (Å²) in [5.41, 5.74) is 22.6. The molecule has 0 radical (unpaired) electrons. The highest BCUT2D eigenvalue weighted by Crippen LogP contribution is 2.52. The summed E-state index contributed by atoms with van der Waals surface area (Å²) in [7, 11) is 0. The van der Waals surface area contributed by atoms with Crippen LogP contribution in [-0.4, -0.2) is 0 Å². The fourth-order valence-electron chi connectivity index (χ4n) is 10.4. The minimum absolute atomic E-state index is 0.181. The first kappa shape index (κ1) is 38.3. The first-order valence-corrected chi connectivity index (χ1v) is 23.3. The smallest absolute Gasteiger partial charge is 0.0465 e. The number of benzene rings is 10. The van der Waals surface area contributed by atoms with Crippen LogP contribution >= 0.6 is 11.8 Å². The lowest BCUT2D eigenvalue weighted by molar-refractivity contribution is 0.660. The zero-order valence-electron chi connectivity index (χ0n) is 35.9. The monoisotopic (exact) mass is 835 g/mol. The molecule has 0 saturated carbocycles. The van der Waals surface area contributed by atoms with Gasteiger partial charge in [0.2, 0.25) is 0 Å². The number of rotatable bonds is 7. The predicted octanol–water partition coefficient (Wildman–Crippen LogP) is 17.6. The van der Waals surface area contributed by atoms with Crippen molar-refractivity contribution in [2.24, 2.45) is 0 Å². The second kappa shape index (κ2) is 15.4. The highest BCUT2D eigenvalue weighted by atomic mass is 32.2. The zero-order valence-corrected chi connectivity index (χ0v) is 36.7. The molecule has 0 fully saturated rings. The van der Waals surface area contributed by atoms with Gasteiger partial charge in [-0.25, -0.2) is 0 Å². The minimum atomic E-state index is -0.181. The summed E-state index contributed by atoms with van der Waals surface area (Å²) in [6, 6.07) is 83.0.